The zero-order valence-corrected chi connectivity index (χ0v) is 11.4. The second-order valence-electron chi connectivity index (χ2n) is 5.37. The predicted octanol–water partition coefficient (Wildman–Crippen LogP) is 2.87. The topological polar surface area (TPSA) is 29.3 Å². The van der Waals surface area contributed by atoms with E-state index in [0.717, 1.165) is 11.8 Å². The minimum absolute atomic E-state index is 0.468. The summed E-state index contributed by atoms with van der Waals surface area (Å²) >= 11 is 0. The van der Waals surface area contributed by atoms with E-state index in [4.69, 9.17) is 5.73 Å². The Morgan fingerprint density at radius 1 is 1.19 bits per heavy atom. The van der Waals surface area contributed by atoms with Gasteiger partial charge in [0.2, 0.25) is 0 Å². The number of nitrogens with zero attached hydrogens (tertiary/aromatic N) is 1. The van der Waals surface area contributed by atoms with Crippen molar-refractivity contribution in [3.8, 4) is 0 Å². The summed E-state index contributed by atoms with van der Waals surface area (Å²) in [6.07, 6.45) is 6.56. The van der Waals surface area contributed by atoms with E-state index in [2.05, 4.69) is 25.7 Å². The van der Waals surface area contributed by atoms with Crippen LogP contribution in [-0.4, -0.2) is 30.6 Å². The second kappa shape index (κ2) is 7.29. The molecule has 2 nitrogen and oxygen atoms in total. The monoisotopic (exact) mass is 226 g/mol. The van der Waals surface area contributed by atoms with Crippen molar-refractivity contribution in [3.63, 3.8) is 0 Å². The average molecular weight is 226 g/mol. The molecule has 1 aliphatic rings. The maximum Gasteiger partial charge on any atom is 0.00793 e. The van der Waals surface area contributed by atoms with Crippen LogP contribution >= 0.6 is 0 Å². The SMILES string of the molecule is CCC(CC)CN(CC)CCC(N)C1CC1. The molecule has 0 aromatic rings. The molecule has 96 valence electrons. The molecule has 1 aliphatic carbocycles. The fraction of sp³-hybridized carbons (Fsp3) is 1.00. The van der Waals surface area contributed by atoms with Crippen LogP contribution in [0, 0.1) is 11.8 Å². The van der Waals surface area contributed by atoms with Gasteiger partial charge in [0.25, 0.3) is 0 Å². The second-order valence-corrected chi connectivity index (χ2v) is 5.37. The van der Waals surface area contributed by atoms with Crippen molar-refractivity contribution in [2.75, 3.05) is 19.6 Å². The molecule has 0 aromatic carbocycles. The molecule has 0 saturated heterocycles. The van der Waals surface area contributed by atoms with Crippen LogP contribution in [0.1, 0.15) is 52.9 Å². The molecule has 1 rings (SSSR count). The summed E-state index contributed by atoms with van der Waals surface area (Å²) in [6.45, 7) is 10.5. The van der Waals surface area contributed by atoms with Crippen LogP contribution in [0.2, 0.25) is 0 Å². The van der Waals surface area contributed by atoms with E-state index in [0.29, 0.717) is 6.04 Å². The van der Waals surface area contributed by atoms with Crippen LogP contribution in [0.4, 0.5) is 0 Å². The van der Waals surface area contributed by atoms with Gasteiger partial charge in [-0.15, -0.1) is 0 Å². The molecule has 0 aliphatic heterocycles. The number of rotatable bonds is 9. The summed E-state index contributed by atoms with van der Waals surface area (Å²) in [5, 5.41) is 0. The minimum atomic E-state index is 0.468. The zero-order valence-electron chi connectivity index (χ0n) is 11.4. The fourth-order valence-electron chi connectivity index (χ4n) is 2.38. The zero-order chi connectivity index (χ0) is 12.0. The molecule has 0 bridgehead atoms. The third kappa shape index (κ3) is 4.84. The highest BCUT2D eigenvalue weighted by molar-refractivity contribution is 4.84. The molecule has 1 fully saturated rings. The van der Waals surface area contributed by atoms with Gasteiger partial charge in [0.1, 0.15) is 0 Å². The third-order valence-electron chi connectivity index (χ3n) is 4.12. The third-order valence-corrected chi connectivity index (χ3v) is 4.12. The summed E-state index contributed by atoms with van der Waals surface area (Å²) in [6, 6.07) is 0.468. The predicted molar refractivity (Wildman–Crippen MR) is 71.5 cm³/mol. The van der Waals surface area contributed by atoms with Crippen molar-refractivity contribution in [2.24, 2.45) is 17.6 Å². The lowest BCUT2D eigenvalue weighted by atomic mass is 10.0. The van der Waals surface area contributed by atoms with Crippen molar-refractivity contribution in [3.05, 3.63) is 0 Å². The standard InChI is InChI=1S/C14H30N2/c1-4-12(5-2)11-16(6-3)10-9-14(15)13-7-8-13/h12-14H,4-11,15H2,1-3H3. The maximum atomic E-state index is 6.15. The lowest BCUT2D eigenvalue weighted by Crippen LogP contribution is -2.34. The van der Waals surface area contributed by atoms with E-state index in [9.17, 15) is 0 Å². The quantitative estimate of drug-likeness (QED) is 0.655. The number of hydrogen-bond donors (Lipinski definition) is 1. The Morgan fingerprint density at radius 3 is 2.25 bits per heavy atom. The van der Waals surface area contributed by atoms with Crippen LogP contribution < -0.4 is 5.73 Å². The van der Waals surface area contributed by atoms with Gasteiger partial charge in [-0.05, 0) is 44.2 Å². The van der Waals surface area contributed by atoms with Gasteiger partial charge in [-0.2, -0.15) is 0 Å². The molecule has 0 aromatic heterocycles. The number of nitrogens with two attached hydrogens (primary N) is 1. The van der Waals surface area contributed by atoms with Crippen LogP contribution in [0.5, 0.6) is 0 Å². The fourth-order valence-corrected chi connectivity index (χ4v) is 2.38. The highest BCUT2D eigenvalue weighted by atomic mass is 15.1. The molecular formula is C14H30N2. The number of hydrogen-bond acceptors (Lipinski definition) is 2. The largest absolute Gasteiger partial charge is 0.327 e. The van der Waals surface area contributed by atoms with E-state index in [1.807, 2.05) is 0 Å². The lowest BCUT2D eigenvalue weighted by molar-refractivity contribution is 0.224. The van der Waals surface area contributed by atoms with E-state index in [1.54, 1.807) is 0 Å². The molecule has 0 spiro atoms. The van der Waals surface area contributed by atoms with Crippen LogP contribution in [-0.2, 0) is 0 Å². The Bertz CT molecular complexity index is 174. The van der Waals surface area contributed by atoms with Gasteiger partial charge in [-0.3, -0.25) is 0 Å². The van der Waals surface area contributed by atoms with Crippen molar-refractivity contribution in [1.29, 1.82) is 0 Å². The van der Waals surface area contributed by atoms with Gasteiger partial charge >= 0.3 is 0 Å². The van der Waals surface area contributed by atoms with E-state index >= 15 is 0 Å². The first kappa shape index (κ1) is 14.0. The van der Waals surface area contributed by atoms with Gasteiger partial charge in [-0.25, -0.2) is 0 Å². The van der Waals surface area contributed by atoms with E-state index in [1.165, 1.54) is 51.7 Å². The van der Waals surface area contributed by atoms with Crippen LogP contribution in [0.25, 0.3) is 0 Å². The average Bonchev–Trinajstić information content (AvgIpc) is 3.13. The van der Waals surface area contributed by atoms with Crippen molar-refractivity contribution in [2.45, 2.75) is 58.9 Å². The Morgan fingerprint density at radius 2 is 1.81 bits per heavy atom. The van der Waals surface area contributed by atoms with Gasteiger partial charge in [0, 0.05) is 12.6 Å². The van der Waals surface area contributed by atoms with Gasteiger partial charge in [-0.1, -0.05) is 33.6 Å². The summed E-state index contributed by atoms with van der Waals surface area (Å²) in [7, 11) is 0. The molecule has 1 atom stereocenters. The molecule has 1 unspecified atom stereocenters. The van der Waals surface area contributed by atoms with Gasteiger partial charge in [0.05, 0.1) is 0 Å². The highest BCUT2D eigenvalue weighted by Crippen LogP contribution is 2.32. The summed E-state index contributed by atoms with van der Waals surface area (Å²) in [4.78, 5) is 2.58. The molecule has 0 radical (unpaired) electrons. The van der Waals surface area contributed by atoms with Crippen molar-refractivity contribution in [1.82, 2.24) is 4.90 Å². The Balaban J connectivity index is 2.19. The normalized spacial score (nSPS) is 18.4. The van der Waals surface area contributed by atoms with Crippen molar-refractivity contribution < 1.29 is 0 Å². The molecule has 1 saturated carbocycles. The first-order valence-corrected chi connectivity index (χ1v) is 7.19. The first-order valence-electron chi connectivity index (χ1n) is 7.19. The minimum Gasteiger partial charge on any atom is -0.327 e. The maximum absolute atomic E-state index is 6.15. The Kier molecular flexibility index (Phi) is 6.37. The molecule has 0 heterocycles. The molecule has 2 N–H and O–H groups in total. The van der Waals surface area contributed by atoms with Crippen LogP contribution in [0.3, 0.4) is 0 Å². The van der Waals surface area contributed by atoms with E-state index in [-0.39, 0.29) is 0 Å². The van der Waals surface area contributed by atoms with Crippen molar-refractivity contribution >= 4 is 0 Å². The molecular weight excluding hydrogens is 196 g/mol. The van der Waals surface area contributed by atoms with Gasteiger partial charge < -0.3 is 10.6 Å². The highest BCUT2D eigenvalue weighted by Gasteiger charge is 2.28. The first-order chi connectivity index (χ1) is 7.71. The summed E-state index contributed by atoms with van der Waals surface area (Å²) < 4.78 is 0. The Labute approximate surface area is 102 Å². The molecule has 16 heavy (non-hydrogen) atoms. The Hall–Kier alpha value is -0.0800. The lowest BCUT2D eigenvalue weighted by Gasteiger charge is -2.26. The molecule has 0 amide bonds. The van der Waals surface area contributed by atoms with E-state index < -0.39 is 0 Å². The molecule has 2 heteroatoms. The van der Waals surface area contributed by atoms with Gasteiger partial charge in [0.15, 0.2) is 0 Å². The summed E-state index contributed by atoms with van der Waals surface area (Å²) in [5.41, 5.74) is 6.15. The van der Waals surface area contributed by atoms with Crippen LogP contribution in [0.15, 0.2) is 0 Å². The summed E-state index contributed by atoms with van der Waals surface area (Å²) in [5.74, 6) is 1.73. The smallest absolute Gasteiger partial charge is 0.00793 e.